The molecule has 0 unspecified atom stereocenters. The lowest BCUT2D eigenvalue weighted by Gasteiger charge is -2.24. The largest absolute Gasteiger partial charge is 0.489 e. The number of benzene rings is 1. The van der Waals surface area contributed by atoms with Gasteiger partial charge in [0.1, 0.15) is 17.1 Å². The zero-order valence-corrected chi connectivity index (χ0v) is 14.9. The van der Waals surface area contributed by atoms with Gasteiger partial charge in [-0.2, -0.15) is 11.8 Å². The maximum absolute atomic E-state index is 6.10. The van der Waals surface area contributed by atoms with Gasteiger partial charge in [0, 0.05) is 11.3 Å². The van der Waals surface area contributed by atoms with E-state index in [0.717, 1.165) is 29.2 Å². The molecule has 0 N–H and O–H groups in total. The molecule has 0 saturated heterocycles. The summed E-state index contributed by atoms with van der Waals surface area (Å²) < 4.78 is 8.22. The van der Waals surface area contributed by atoms with Gasteiger partial charge < -0.3 is 9.30 Å². The third kappa shape index (κ3) is 3.67. The van der Waals surface area contributed by atoms with Gasteiger partial charge in [0.2, 0.25) is 0 Å². The Bertz CT molecular complexity index is 622. The van der Waals surface area contributed by atoms with Crippen molar-refractivity contribution in [2.75, 3.05) is 6.26 Å². The molecule has 21 heavy (non-hydrogen) atoms. The Labute approximate surface area is 136 Å². The van der Waals surface area contributed by atoms with Crippen molar-refractivity contribution in [3.63, 3.8) is 0 Å². The van der Waals surface area contributed by atoms with Crippen LogP contribution in [-0.4, -0.2) is 26.7 Å². The van der Waals surface area contributed by atoms with Crippen LogP contribution in [0.3, 0.4) is 0 Å². The molecule has 3 nitrogen and oxygen atoms in total. The Morgan fingerprint density at radius 2 is 2.10 bits per heavy atom. The van der Waals surface area contributed by atoms with Crippen LogP contribution in [0.1, 0.15) is 33.5 Å². The van der Waals surface area contributed by atoms with Gasteiger partial charge in [-0.25, -0.2) is 4.98 Å². The van der Waals surface area contributed by atoms with Crippen LogP contribution in [-0.2, 0) is 12.4 Å². The summed E-state index contributed by atoms with van der Waals surface area (Å²) in [6.45, 7) is 9.38. The summed E-state index contributed by atoms with van der Waals surface area (Å²) in [7, 11) is 0. The summed E-state index contributed by atoms with van der Waals surface area (Å²) >= 11 is 7.95. The fraction of sp³-hybridized carbons (Fsp3) is 0.562. The maximum Gasteiger partial charge on any atom is 0.147 e. The molecule has 1 aromatic heterocycles. The van der Waals surface area contributed by atoms with E-state index in [2.05, 4.69) is 30.7 Å². The molecule has 0 aliphatic heterocycles. The Balaban J connectivity index is 2.54. The molecule has 0 amide bonds. The number of ether oxygens (including phenoxy) is 1. The quantitative estimate of drug-likeness (QED) is 0.720. The van der Waals surface area contributed by atoms with Gasteiger partial charge in [-0.15, -0.1) is 11.6 Å². The predicted octanol–water partition coefficient (Wildman–Crippen LogP) is 4.70. The molecule has 0 bridgehead atoms. The Hall–Kier alpha value is -0.870. The van der Waals surface area contributed by atoms with E-state index in [1.165, 1.54) is 0 Å². The average Bonchev–Trinajstić information content (AvgIpc) is 2.77. The van der Waals surface area contributed by atoms with Gasteiger partial charge in [0.05, 0.1) is 17.5 Å². The highest BCUT2D eigenvalue weighted by Gasteiger charge is 2.22. The fourth-order valence-electron chi connectivity index (χ4n) is 2.24. The van der Waals surface area contributed by atoms with Crippen LogP contribution in [0.4, 0.5) is 0 Å². The first-order valence-corrected chi connectivity index (χ1v) is 8.90. The minimum Gasteiger partial charge on any atom is -0.489 e. The number of aromatic nitrogens is 2. The second-order valence-electron chi connectivity index (χ2n) is 6.00. The molecule has 0 saturated carbocycles. The van der Waals surface area contributed by atoms with Crippen molar-refractivity contribution in [2.24, 2.45) is 0 Å². The lowest BCUT2D eigenvalue weighted by molar-refractivity contribution is 0.245. The third-order valence-electron chi connectivity index (χ3n) is 3.39. The molecule has 0 spiro atoms. The lowest BCUT2D eigenvalue weighted by Crippen LogP contribution is -2.23. The molecule has 1 heterocycles. The van der Waals surface area contributed by atoms with E-state index in [1.807, 2.05) is 37.7 Å². The van der Waals surface area contributed by atoms with Gasteiger partial charge in [0.15, 0.2) is 0 Å². The van der Waals surface area contributed by atoms with Crippen LogP contribution in [0.25, 0.3) is 11.0 Å². The zero-order chi connectivity index (χ0) is 15.6. The summed E-state index contributed by atoms with van der Waals surface area (Å²) in [5.41, 5.74) is 1.99. The molecule has 0 aliphatic carbocycles. The van der Waals surface area contributed by atoms with Gasteiger partial charge >= 0.3 is 0 Å². The number of hydrogen-bond donors (Lipinski definition) is 0. The van der Waals surface area contributed by atoms with E-state index < -0.39 is 0 Å². The lowest BCUT2D eigenvalue weighted by atomic mass is 10.2. The van der Waals surface area contributed by atoms with Crippen molar-refractivity contribution in [3.05, 3.63) is 24.0 Å². The van der Waals surface area contributed by atoms with E-state index in [4.69, 9.17) is 21.3 Å². The summed E-state index contributed by atoms with van der Waals surface area (Å²) in [6, 6.07) is 6.07. The second-order valence-corrected chi connectivity index (χ2v) is 7.78. The van der Waals surface area contributed by atoms with Gasteiger partial charge in [-0.3, -0.25) is 0 Å². The Morgan fingerprint density at radius 3 is 2.67 bits per heavy atom. The van der Waals surface area contributed by atoms with Crippen LogP contribution in [0, 0.1) is 0 Å². The number of thioether (sulfide) groups is 1. The Kier molecular flexibility index (Phi) is 5.10. The molecule has 5 heteroatoms. The number of halogens is 1. The zero-order valence-electron chi connectivity index (χ0n) is 13.3. The SMILES string of the molecule is CSC(C)(C)Cn1c(CCl)nc2c(OC(C)C)cccc21. The molecule has 0 aliphatic rings. The first-order valence-electron chi connectivity index (χ1n) is 7.14. The highest BCUT2D eigenvalue weighted by Crippen LogP contribution is 2.31. The predicted molar refractivity (Wildman–Crippen MR) is 92.6 cm³/mol. The number of hydrogen-bond acceptors (Lipinski definition) is 3. The number of rotatable bonds is 6. The van der Waals surface area contributed by atoms with Crippen LogP contribution in [0.2, 0.25) is 0 Å². The van der Waals surface area contributed by atoms with Crippen molar-refractivity contribution in [1.29, 1.82) is 0 Å². The number of imidazole rings is 1. The minimum absolute atomic E-state index is 0.128. The highest BCUT2D eigenvalue weighted by molar-refractivity contribution is 7.99. The van der Waals surface area contributed by atoms with Gasteiger partial charge in [-0.05, 0) is 46.1 Å². The van der Waals surface area contributed by atoms with Crippen molar-refractivity contribution in [1.82, 2.24) is 9.55 Å². The molecule has 2 aromatic rings. The van der Waals surface area contributed by atoms with Crippen molar-refractivity contribution in [3.8, 4) is 5.75 Å². The van der Waals surface area contributed by atoms with E-state index in [1.54, 1.807) is 0 Å². The Morgan fingerprint density at radius 1 is 1.38 bits per heavy atom. The molecule has 0 atom stereocenters. The summed E-state index contributed by atoms with van der Waals surface area (Å²) in [5, 5.41) is 0. The molecular formula is C16H23ClN2OS. The summed E-state index contributed by atoms with van der Waals surface area (Å²) in [5.74, 6) is 2.13. The van der Waals surface area contributed by atoms with Crippen molar-refractivity contribution >= 4 is 34.4 Å². The first-order chi connectivity index (χ1) is 9.88. The molecule has 0 fully saturated rings. The first kappa shape index (κ1) is 16.5. The van der Waals surface area contributed by atoms with Crippen LogP contribution >= 0.6 is 23.4 Å². The van der Waals surface area contributed by atoms with E-state index >= 15 is 0 Å². The van der Waals surface area contributed by atoms with Crippen LogP contribution in [0.5, 0.6) is 5.75 Å². The molecule has 0 radical (unpaired) electrons. The minimum atomic E-state index is 0.128. The van der Waals surface area contributed by atoms with Crippen LogP contribution < -0.4 is 4.74 Å². The van der Waals surface area contributed by atoms with E-state index in [0.29, 0.717) is 5.88 Å². The molecular weight excluding hydrogens is 304 g/mol. The maximum atomic E-state index is 6.10. The third-order valence-corrected chi connectivity index (χ3v) is 4.87. The second kappa shape index (κ2) is 6.49. The summed E-state index contributed by atoms with van der Waals surface area (Å²) in [4.78, 5) is 4.70. The number of fused-ring (bicyclic) bond motifs is 1. The van der Waals surface area contributed by atoms with E-state index in [-0.39, 0.29) is 10.9 Å². The molecule has 2 rings (SSSR count). The highest BCUT2D eigenvalue weighted by atomic mass is 35.5. The van der Waals surface area contributed by atoms with Gasteiger partial charge in [-0.1, -0.05) is 6.07 Å². The topological polar surface area (TPSA) is 27.1 Å². The normalized spacial score (nSPS) is 12.3. The standard InChI is InChI=1S/C16H23ClN2OS/c1-11(2)20-13-8-6-7-12-15(13)18-14(9-17)19(12)10-16(3,4)21-5/h6-8,11H,9-10H2,1-5H3. The molecule has 1 aromatic carbocycles. The number of alkyl halides is 1. The fourth-order valence-corrected chi connectivity index (χ4v) is 2.70. The number of para-hydroxylation sites is 1. The number of nitrogens with zero attached hydrogens (tertiary/aromatic N) is 2. The monoisotopic (exact) mass is 326 g/mol. The van der Waals surface area contributed by atoms with E-state index in [9.17, 15) is 0 Å². The smallest absolute Gasteiger partial charge is 0.147 e. The van der Waals surface area contributed by atoms with Gasteiger partial charge in [0.25, 0.3) is 0 Å². The molecule has 116 valence electrons. The van der Waals surface area contributed by atoms with Crippen LogP contribution in [0.15, 0.2) is 18.2 Å². The average molecular weight is 327 g/mol. The van der Waals surface area contributed by atoms with Crippen molar-refractivity contribution < 1.29 is 4.74 Å². The van der Waals surface area contributed by atoms with Crippen molar-refractivity contribution in [2.45, 2.75) is 51.0 Å². The summed E-state index contributed by atoms with van der Waals surface area (Å²) in [6.07, 6.45) is 2.26.